The number of ketones is 1. The Morgan fingerprint density at radius 3 is 2.84 bits per heavy atom. The van der Waals surface area contributed by atoms with Crippen molar-refractivity contribution in [3.8, 4) is 0 Å². The summed E-state index contributed by atoms with van der Waals surface area (Å²) in [5, 5.41) is 13.6. The zero-order chi connectivity index (χ0) is 13.7. The molecule has 0 radical (unpaired) electrons. The predicted octanol–water partition coefficient (Wildman–Crippen LogP) is 2.52. The van der Waals surface area contributed by atoms with Gasteiger partial charge in [0.2, 0.25) is 0 Å². The zero-order valence-corrected chi connectivity index (χ0v) is 11.7. The first-order valence-corrected chi connectivity index (χ1v) is 7.36. The summed E-state index contributed by atoms with van der Waals surface area (Å²) in [7, 11) is 0. The van der Waals surface area contributed by atoms with E-state index in [1.165, 1.54) is 32.1 Å². The molecule has 0 saturated heterocycles. The van der Waals surface area contributed by atoms with Gasteiger partial charge in [-0.15, -0.1) is 0 Å². The molecule has 0 bridgehead atoms. The van der Waals surface area contributed by atoms with Gasteiger partial charge in [-0.3, -0.25) is 9.48 Å². The van der Waals surface area contributed by atoms with Crippen LogP contribution in [0.2, 0.25) is 0 Å². The van der Waals surface area contributed by atoms with Gasteiger partial charge in [0.25, 0.3) is 0 Å². The minimum atomic E-state index is -0.0975. The Kier molecular flexibility index (Phi) is 5.14. The number of aliphatic hydroxyl groups is 1. The smallest absolute Gasteiger partial charge is 0.133 e. The molecule has 0 aromatic carbocycles. The summed E-state index contributed by atoms with van der Waals surface area (Å²) < 4.78 is 2.07. The molecule has 1 atom stereocenters. The maximum Gasteiger partial charge on any atom is 0.133 e. The lowest BCUT2D eigenvalue weighted by Crippen LogP contribution is -2.17. The molecular weight excluding hydrogens is 240 g/mol. The topological polar surface area (TPSA) is 55.1 Å². The number of rotatable bonds is 6. The van der Waals surface area contributed by atoms with Crippen molar-refractivity contribution in [3.05, 3.63) is 18.0 Å². The molecule has 1 unspecified atom stereocenters. The van der Waals surface area contributed by atoms with Crippen LogP contribution >= 0.6 is 0 Å². The van der Waals surface area contributed by atoms with E-state index in [9.17, 15) is 4.79 Å². The van der Waals surface area contributed by atoms with Crippen LogP contribution in [0.5, 0.6) is 0 Å². The molecule has 1 aromatic heterocycles. The Bertz CT molecular complexity index is 408. The number of carbonyl (C=O) groups is 1. The van der Waals surface area contributed by atoms with E-state index in [2.05, 4.69) is 9.78 Å². The van der Waals surface area contributed by atoms with Gasteiger partial charge in [0, 0.05) is 25.1 Å². The fourth-order valence-corrected chi connectivity index (χ4v) is 2.89. The summed E-state index contributed by atoms with van der Waals surface area (Å²) in [5.74, 6) is 0.0426. The van der Waals surface area contributed by atoms with E-state index in [0.717, 1.165) is 5.69 Å². The van der Waals surface area contributed by atoms with Gasteiger partial charge in [-0.25, -0.2) is 0 Å². The molecule has 1 aliphatic carbocycles. The van der Waals surface area contributed by atoms with Crippen molar-refractivity contribution >= 4 is 5.78 Å². The first-order chi connectivity index (χ1) is 9.20. The quantitative estimate of drug-likeness (QED) is 0.859. The summed E-state index contributed by atoms with van der Waals surface area (Å²) in [5.41, 5.74) is 0.972. The molecule has 1 N–H and O–H groups in total. The molecule has 1 fully saturated rings. The van der Waals surface area contributed by atoms with Crippen LogP contribution in [0.3, 0.4) is 0 Å². The predicted molar refractivity (Wildman–Crippen MR) is 73.9 cm³/mol. The zero-order valence-electron chi connectivity index (χ0n) is 11.7. The Morgan fingerprint density at radius 2 is 2.21 bits per heavy atom. The average molecular weight is 264 g/mol. The number of nitrogens with zero attached hydrogens (tertiary/aromatic N) is 2. The molecule has 4 nitrogen and oxygen atoms in total. The van der Waals surface area contributed by atoms with E-state index in [-0.39, 0.29) is 18.3 Å². The van der Waals surface area contributed by atoms with E-state index >= 15 is 0 Å². The van der Waals surface area contributed by atoms with Crippen LogP contribution in [0.1, 0.15) is 57.2 Å². The average Bonchev–Trinajstić information content (AvgIpc) is 2.88. The highest BCUT2D eigenvalue weighted by Gasteiger charge is 2.19. The highest BCUT2D eigenvalue weighted by atomic mass is 16.3. The maximum atomic E-state index is 11.5. The Morgan fingerprint density at radius 1 is 1.47 bits per heavy atom. The van der Waals surface area contributed by atoms with Gasteiger partial charge in [-0.1, -0.05) is 19.3 Å². The Hall–Kier alpha value is -1.16. The van der Waals surface area contributed by atoms with Crippen LogP contribution < -0.4 is 0 Å². The van der Waals surface area contributed by atoms with E-state index in [4.69, 9.17) is 5.11 Å². The lowest BCUT2D eigenvalue weighted by Gasteiger charge is -2.21. The first-order valence-electron chi connectivity index (χ1n) is 7.36. The first kappa shape index (κ1) is 14.3. The molecule has 1 heterocycles. The lowest BCUT2D eigenvalue weighted by atomic mass is 9.96. The standard InChI is InChI=1S/C15H24N2O2/c1-12(19)13(8-10-18)11-14-7-9-17(16-14)15-5-3-2-4-6-15/h7,9,13,15,18H,2-6,8,10-11H2,1H3. The molecule has 2 rings (SSSR count). The van der Waals surface area contributed by atoms with Gasteiger partial charge in [0.15, 0.2) is 0 Å². The van der Waals surface area contributed by atoms with E-state index in [1.807, 2.05) is 12.3 Å². The van der Waals surface area contributed by atoms with Gasteiger partial charge in [0.05, 0.1) is 11.7 Å². The normalized spacial score (nSPS) is 18.4. The maximum absolute atomic E-state index is 11.5. The van der Waals surface area contributed by atoms with Crippen molar-refractivity contribution in [1.29, 1.82) is 0 Å². The second-order valence-electron chi connectivity index (χ2n) is 5.60. The molecule has 1 saturated carbocycles. The molecule has 4 heteroatoms. The molecule has 1 aliphatic rings. The fraction of sp³-hybridized carbons (Fsp3) is 0.733. The number of hydrogen-bond acceptors (Lipinski definition) is 3. The molecular formula is C15H24N2O2. The van der Waals surface area contributed by atoms with Gasteiger partial charge in [-0.05, 0) is 32.3 Å². The molecule has 1 aromatic rings. The van der Waals surface area contributed by atoms with Crippen molar-refractivity contribution < 1.29 is 9.90 Å². The third-order valence-electron chi connectivity index (χ3n) is 4.12. The second kappa shape index (κ2) is 6.85. The van der Waals surface area contributed by atoms with Gasteiger partial charge in [0.1, 0.15) is 5.78 Å². The summed E-state index contributed by atoms with van der Waals surface area (Å²) in [6.07, 6.45) is 9.58. The van der Waals surface area contributed by atoms with Crippen LogP contribution in [0, 0.1) is 5.92 Å². The monoisotopic (exact) mass is 264 g/mol. The Labute approximate surface area is 114 Å². The van der Waals surface area contributed by atoms with Crippen LogP contribution in [-0.2, 0) is 11.2 Å². The summed E-state index contributed by atoms with van der Waals surface area (Å²) in [4.78, 5) is 11.5. The van der Waals surface area contributed by atoms with Crippen molar-refractivity contribution in [1.82, 2.24) is 9.78 Å². The number of carbonyl (C=O) groups excluding carboxylic acids is 1. The lowest BCUT2D eigenvalue weighted by molar-refractivity contribution is -0.121. The third-order valence-corrected chi connectivity index (χ3v) is 4.12. The summed E-state index contributed by atoms with van der Waals surface area (Å²) in [6.45, 7) is 1.66. The van der Waals surface area contributed by atoms with E-state index in [1.54, 1.807) is 6.92 Å². The van der Waals surface area contributed by atoms with Crippen molar-refractivity contribution in [2.75, 3.05) is 6.61 Å². The second-order valence-corrected chi connectivity index (χ2v) is 5.60. The Balaban J connectivity index is 1.97. The molecule has 106 valence electrons. The van der Waals surface area contributed by atoms with Crippen LogP contribution in [-0.4, -0.2) is 27.3 Å². The highest BCUT2D eigenvalue weighted by molar-refractivity contribution is 5.78. The molecule has 19 heavy (non-hydrogen) atoms. The molecule has 0 spiro atoms. The van der Waals surface area contributed by atoms with Gasteiger partial charge < -0.3 is 5.11 Å². The SMILES string of the molecule is CC(=O)C(CCO)Cc1ccn(C2CCCCC2)n1. The largest absolute Gasteiger partial charge is 0.396 e. The fourth-order valence-electron chi connectivity index (χ4n) is 2.89. The van der Waals surface area contributed by atoms with Crippen LogP contribution in [0.25, 0.3) is 0 Å². The number of Topliss-reactive ketones (excluding diaryl/α,β-unsaturated/α-hetero) is 1. The van der Waals surface area contributed by atoms with Crippen molar-refractivity contribution in [2.45, 2.75) is 57.9 Å². The third kappa shape index (κ3) is 3.90. The van der Waals surface area contributed by atoms with Crippen LogP contribution in [0.15, 0.2) is 12.3 Å². The van der Waals surface area contributed by atoms with Crippen molar-refractivity contribution in [2.24, 2.45) is 5.92 Å². The minimum Gasteiger partial charge on any atom is -0.396 e. The number of hydrogen-bond donors (Lipinski definition) is 1. The molecule has 0 aliphatic heterocycles. The number of aromatic nitrogens is 2. The number of aliphatic hydroxyl groups excluding tert-OH is 1. The van der Waals surface area contributed by atoms with E-state index < -0.39 is 0 Å². The van der Waals surface area contributed by atoms with Gasteiger partial charge >= 0.3 is 0 Å². The van der Waals surface area contributed by atoms with Gasteiger partial charge in [-0.2, -0.15) is 5.10 Å². The molecule has 0 amide bonds. The highest BCUT2D eigenvalue weighted by Crippen LogP contribution is 2.27. The summed E-state index contributed by atoms with van der Waals surface area (Å²) >= 11 is 0. The summed E-state index contributed by atoms with van der Waals surface area (Å²) in [6, 6.07) is 2.55. The van der Waals surface area contributed by atoms with Crippen LogP contribution in [0.4, 0.5) is 0 Å². The van der Waals surface area contributed by atoms with Crippen molar-refractivity contribution in [3.63, 3.8) is 0 Å². The van der Waals surface area contributed by atoms with E-state index in [0.29, 0.717) is 18.9 Å². The minimum absolute atomic E-state index is 0.0631.